The normalized spacial score (nSPS) is 19.9. The highest BCUT2D eigenvalue weighted by Crippen LogP contribution is 2.38. The standard InChI is InChI=1S/C14H19N3O5S/c1-3-6-15-12-8-10(17(19)20)4-5-13(12)23(21,22)16-14(18)11-7-9(11)2/h4-5,8-9,11,15H,3,6-7H2,1-2H3,(H,16,18)/t9-,11-/m0/s1. The molecule has 0 spiro atoms. The van der Waals surface area contributed by atoms with Crippen LogP contribution in [0.5, 0.6) is 0 Å². The molecule has 2 N–H and O–H groups in total. The van der Waals surface area contributed by atoms with E-state index in [1.807, 2.05) is 13.8 Å². The third-order valence-electron chi connectivity index (χ3n) is 3.71. The van der Waals surface area contributed by atoms with Crippen molar-refractivity contribution in [3.8, 4) is 0 Å². The summed E-state index contributed by atoms with van der Waals surface area (Å²) in [5.74, 6) is -0.632. The molecule has 1 aromatic carbocycles. The summed E-state index contributed by atoms with van der Waals surface area (Å²) in [6.45, 7) is 4.21. The number of carbonyl (C=O) groups excluding carboxylic acids is 1. The molecule has 1 aliphatic rings. The van der Waals surface area contributed by atoms with Crippen LogP contribution in [-0.2, 0) is 14.8 Å². The Morgan fingerprint density at radius 3 is 2.61 bits per heavy atom. The van der Waals surface area contributed by atoms with E-state index in [1.165, 1.54) is 0 Å². The van der Waals surface area contributed by atoms with E-state index in [-0.39, 0.29) is 28.1 Å². The molecule has 0 radical (unpaired) electrons. The van der Waals surface area contributed by atoms with E-state index in [4.69, 9.17) is 0 Å². The molecule has 0 saturated heterocycles. The average molecular weight is 341 g/mol. The zero-order valence-corrected chi connectivity index (χ0v) is 13.7. The first-order valence-corrected chi connectivity index (χ1v) is 8.83. The molecule has 1 aromatic rings. The van der Waals surface area contributed by atoms with Gasteiger partial charge in [0.15, 0.2) is 0 Å². The lowest BCUT2D eigenvalue weighted by Gasteiger charge is -2.12. The second-order valence-corrected chi connectivity index (χ2v) is 7.30. The van der Waals surface area contributed by atoms with Crippen LogP contribution < -0.4 is 10.0 Å². The minimum absolute atomic E-state index is 0.116. The molecule has 0 heterocycles. The summed E-state index contributed by atoms with van der Waals surface area (Å²) in [4.78, 5) is 22.0. The van der Waals surface area contributed by atoms with E-state index >= 15 is 0 Å². The maximum Gasteiger partial charge on any atom is 0.271 e. The van der Waals surface area contributed by atoms with E-state index in [0.717, 1.165) is 18.2 Å². The van der Waals surface area contributed by atoms with Crippen LogP contribution in [0.15, 0.2) is 23.1 Å². The molecule has 2 atom stereocenters. The van der Waals surface area contributed by atoms with Crippen LogP contribution in [0.3, 0.4) is 0 Å². The van der Waals surface area contributed by atoms with Gasteiger partial charge in [0.1, 0.15) is 4.90 Å². The van der Waals surface area contributed by atoms with Gasteiger partial charge >= 0.3 is 0 Å². The minimum Gasteiger partial charge on any atom is -0.384 e. The number of nitrogens with one attached hydrogen (secondary N) is 2. The Kier molecular flexibility index (Phi) is 4.88. The monoisotopic (exact) mass is 341 g/mol. The topological polar surface area (TPSA) is 118 Å². The first-order valence-electron chi connectivity index (χ1n) is 7.35. The molecule has 2 rings (SSSR count). The number of nitro groups is 1. The number of hydrogen-bond acceptors (Lipinski definition) is 6. The van der Waals surface area contributed by atoms with Gasteiger partial charge in [-0.3, -0.25) is 14.9 Å². The number of non-ortho nitro benzene ring substituents is 1. The first-order chi connectivity index (χ1) is 10.8. The molecule has 0 unspecified atom stereocenters. The Hall–Kier alpha value is -2.16. The van der Waals surface area contributed by atoms with Gasteiger partial charge in [-0.05, 0) is 24.8 Å². The van der Waals surface area contributed by atoms with Gasteiger partial charge in [0.2, 0.25) is 5.91 Å². The molecular weight excluding hydrogens is 322 g/mol. The van der Waals surface area contributed by atoms with Crippen LogP contribution in [0.25, 0.3) is 0 Å². The van der Waals surface area contributed by atoms with Crippen molar-refractivity contribution in [2.45, 2.75) is 31.6 Å². The summed E-state index contributed by atoms with van der Waals surface area (Å²) < 4.78 is 26.9. The fourth-order valence-corrected chi connectivity index (χ4v) is 3.41. The summed E-state index contributed by atoms with van der Waals surface area (Å²) in [6.07, 6.45) is 1.39. The number of carbonyl (C=O) groups is 1. The number of hydrogen-bond donors (Lipinski definition) is 2. The quantitative estimate of drug-likeness (QED) is 0.577. The third kappa shape index (κ3) is 3.98. The highest BCUT2D eigenvalue weighted by Gasteiger charge is 2.41. The molecule has 1 fully saturated rings. The van der Waals surface area contributed by atoms with Crippen molar-refractivity contribution in [3.63, 3.8) is 0 Å². The van der Waals surface area contributed by atoms with Gasteiger partial charge in [0, 0.05) is 24.6 Å². The molecule has 126 valence electrons. The van der Waals surface area contributed by atoms with Crippen LogP contribution in [0.4, 0.5) is 11.4 Å². The molecule has 1 aliphatic carbocycles. The lowest BCUT2D eigenvalue weighted by Crippen LogP contribution is -2.32. The van der Waals surface area contributed by atoms with Gasteiger partial charge in [0.25, 0.3) is 15.7 Å². The number of amides is 1. The second-order valence-electron chi connectivity index (χ2n) is 5.65. The molecule has 1 amide bonds. The van der Waals surface area contributed by atoms with Crippen LogP contribution in [0, 0.1) is 22.0 Å². The largest absolute Gasteiger partial charge is 0.384 e. The molecular formula is C14H19N3O5S. The number of benzene rings is 1. The van der Waals surface area contributed by atoms with Crippen molar-refractivity contribution in [2.75, 3.05) is 11.9 Å². The summed E-state index contributed by atoms with van der Waals surface area (Å²) >= 11 is 0. The van der Waals surface area contributed by atoms with E-state index in [9.17, 15) is 23.3 Å². The maximum atomic E-state index is 12.4. The molecule has 0 bridgehead atoms. The SMILES string of the molecule is CCCNc1cc([N+](=O)[O-])ccc1S(=O)(=O)NC(=O)[C@H]1C[C@@H]1C. The van der Waals surface area contributed by atoms with Crippen LogP contribution in [0.2, 0.25) is 0 Å². The van der Waals surface area contributed by atoms with E-state index in [0.29, 0.717) is 19.4 Å². The number of nitro benzene ring substituents is 1. The first kappa shape index (κ1) is 17.2. The van der Waals surface area contributed by atoms with Crippen molar-refractivity contribution >= 4 is 27.3 Å². The zero-order valence-electron chi connectivity index (χ0n) is 12.9. The van der Waals surface area contributed by atoms with Crippen molar-refractivity contribution in [1.29, 1.82) is 0 Å². The maximum absolute atomic E-state index is 12.4. The van der Waals surface area contributed by atoms with Gasteiger partial charge in [-0.2, -0.15) is 0 Å². The predicted octanol–water partition coefficient (Wildman–Crippen LogP) is 1.88. The van der Waals surface area contributed by atoms with Crippen molar-refractivity contribution in [3.05, 3.63) is 28.3 Å². The van der Waals surface area contributed by atoms with E-state index in [1.54, 1.807) is 0 Å². The summed E-state index contributed by atoms with van der Waals surface area (Å²) in [5, 5.41) is 13.7. The second kappa shape index (κ2) is 6.53. The Balaban J connectivity index is 2.31. The summed E-state index contributed by atoms with van der Waals surface area (Å²) in [7, 11) is -4.08. The number of nitrogens with zero attached hydrogens (tertiary/aromatic N) is 1. The Morgan fingerprint density at radius 2 is 2.09 bits per heavy atom. The van der Waals surface area contributed by atoms with Gasteiger partial charge in [0.05, 0.1) is 10.6 Å². The number of anilines is 1. The van der Waals surface area contributed by atoms with E-state index in [2.05, 4.69) is 10.0 Å². The van der Waals surface area contributed by atoms with Crippen LogP contribution in [0.1, 0.15) is 26.7 Å². The summed E-state index contributed by atoms with van der Waals surface area (Å²) in [6, 6.07) is 3.41. The average Bonchev–Trinajstić information content (AvgIpc) is 3.21. The predicted molar refractivity (Wildman–Crippen MR) is 84.5 cm³/mol. The minimum atomic E-state index is -4.08. The molecule has 23 heavy (non-hydrogen) atoms. The summed E-state index contributed by atoms with van der Waals surface area (Å²) in [5.41, 5.74) is -0.102. The highest BCUT2D eigenvalue weighted by molar-refractivity contribution is 7.90. The Bertz CT molecular complexity index is 732. The fourth-order valence-electron chi connectivity index (χ4n) is 2.21. The lowest BCUT2D eigenvalue weighted by molar-refractivity contribution is -0.384. The fraction of sp³-hybridized carbons (Fsp3) is 0.500. The molecule has 9 heteroatoms. The third-order valence-corrected chi connectivity index (χ3v) is 5.12. The zero-order chi connectivity index (χ0) is 17.2. The molecule has 0 aromatic heterocycles. The van der Waals surface area contributed by atoms with Gasteiger partial charge in [-0.15, -0.1) is 0 Å². The van der Waals surface area contributed by atoms with Crippen molar-refractivity contribution in [2.24, 2.45) is 11.8 Å². The van der Waals surface area contributed by atoms with Gasteiger partial charge < -0.3 is 5.32 Å². The van der Waals surface area contributed by atoms with Gasteiger partial charge in [-0.25, -0.2) is 13.1 Å². The van der Waals surface area contributed by atoms with Crippen molar-refractivity contribution < 1.29 is 18.1 Å². The highest BCUT2D eigenvalue weighted by atomic mass is 32.2. The number of sulfonamides is 1. The van der Waals surface area contributed by atoms with E-state index < -0.39 is 20.9 Å². The Morgan fingerprint density at radius 1 is 1.43 bits per heavy atom. The molecule has 8 nitrogen and oxygen atoms in total. The van der Waals surface area contributed by atoms with Crippen molar-refractivity contribution in [1.82, 2.24) is 4.72 Å². The Labute approximate surface area is 134 Å². The van der Waals surface area contributed by atoms with Crippen LogP contribution >= 0.6 is 0 Å². The number of rotatable bonds is 7. The molecule has 1 saturated carbocycles. The van der Waals surface area contributed by atoms with Crippen LogP contribution in [-0.4, -0.2) is 25.8 Å². The smallest absolute Gasteiger partial charge is 0.271 e. The van der Waals surface area contributed by atoms with Gasteiger partial charge in [-0.1, -0.05) is 13.8 Å². The molecule has 0 aliphatic heterocycles. The lowest BCUT2D eigenvalue weighted by atomic mass is 10.2.